The van der Waals surface area contributed by atoms with E-state index in [1.807, 2.05) is 18.2 Å². The molecule has 176 valence electrons. The second-order valence-corrected chi connectivity index (χ2v) is 9.79. The van der Waals surface area contributed by atoms with Gasteiger partial charge >= 0.3 is 0 Å². The molecule has 3 rings (SSSR count). The van der Waals surface area contributed by atoms with E-state index in [0.29, 0.717) is 24.7 Å². The van der Waals surface area contributed by atoms with Crippen LogP contribution >= 0.6 is 0 Å². The third kappa shape index (κ3) is 7.31. The number of aliphatic hydroxyl groups excluding tert-OH is 2. The van der Waals surface area contributed by atoms with Crippen molar-refractivity contribution in [2.24, 2.45) is 17.8 Å². The number of hydrogen-bond acceptors (Lipinski definition) is 3. The van der Waals surface area contributed by atoms with Crippen LogP contribution in [0, 0.1) is 24.7 Å². The number of carbonyl (C=O) groups is 1. The molecule has 0 spiro atoms. The standard InChI is InChI=1S/C28H41NO3/c1-3-4-14-29-28(32)11-6-5-9-22-16-23-19-27(31)25(26(23)18-22)13-12-24(30)17-21-10-7-8-20(2)15-21/h7-8,10,12-13,15-16,23-27,30-31H,3-6,9,11,14,17-19H2,1-2H3,(H,29,32)/b13-12+/t23-,24-,25+,26-,27+/m0/s1. The lowest BCUT2D eigenvalue weighted by molar-refractivity contribution is -0.121. The zero-order valence-corrected chi connectivity index (χ0v) is 19.8. The fourth-order valence-electron chi connectivity index (χ4n) is 5.33. The summed E-state index contributed by atoms with van der Waals surface area (Å²) >= 11 is 0. The van der Waals surface area contributed by atoms with Crippen molar-refractivity contribution in [1.82, 2.24) is 5.32 Å². The maximum atomic E-state index is 11.8. The van der Waals surface area contributed by atoms with Gasteiger partial charge in [-0.2, -0.15) is 0 Å². The van der Waals surface area contributed by atoms with Gasteiger partial charge in [0.1, 0.15) is 0 Å². The van der Waals surface area contributed by atoms with Gasteiger partial charge in [0.05, 0.1) is 12.2 Å². The van der Waals surface area contributed by atoms with Crippen molar-refractivity contribution in [2.75, 3.05) is 6.54 Å². The number of benzene rings is 1. The van der Waals surface area contributed by atoms with Gasteiger partial charge in [-0.1, -0.05) is 67.0 Å². The SMILES string of the molecule is CCCCNC(=O)CCCCC1=C[C@H]2C[C@@H](O)[C@H](/C=C/[C@H](O)Cc3cccc(C)c3)[C@H]2C1. The molecule has 32 heavy (non-hydrogen) atoms. The van der Waals surface area contributed by atoms with Crippen molar-refractivity contribution in [3.63, 3.8) is 0 Å². The molecule has 0 radical (unpaired) electrons. The largest absolute Gasteiger partial charge is 0.392 e. The summed E-state index contributed by atoms with van der Waals surface area (Å²) in [5, 5.41) is 24.0. The second-order valence-electron chi connectivity index (χ2n) is 9.79. The molecule has 1 aromatic rings. The van der Waals surface area contributed by atoms with Crippen LogP contribution in [0.2, 0.25) is 0 Å². The third-order valence-corrected chi connectivity index (χ3v) is 7.04. The Morgan fingerprint density at radius 1 is 1.28 bits per heavy atom. The molecule has 5 atom stereocenters. The van der Waals surface area contributed by atoms with Gasteiger partial charge in [-0.3, -0.25) is 4.79 Å². The summed E-state index contributed by atoms with van der Waals surface area (Å²) in [5.41, 5.74) is 3.82. The van der Waals surface area contributed by atoms with Crippen molar-refractivity contribution in [2.45, 2.75) is 83.8 Å². The van der Waals surface area contributed by atoms with E-state index in [1.165, 1.54) is 11.1 Å². The molecule has 2 aliphatic carbocycles. The van der Waals surface area contributed by atoms with E-state index in [0.717, 1.165) is 57.1 Å². The fraction of sp³-hybridized carbons (Fsp3) is 0.607. The number of hydrogen-bond donors (Lipinski definition) is 3. The number of fused-ring (bicyclic) bond motifs is 1. The van der Waals surface area contributed by atoms with E-state index >= 15 is 0 Å². The number of nitrogens with one attached hydrogen (secondary N) is 1. The summed E-state index contributed by atoms with van der Waals surface area (Å²) in [4.78, 5) is 11.8. The fourth-order valence-corrected chi connectivity index (χ4v) is 5.33. The minimum absolute atomic E-state index is 0.116. The van der Waals surface area contributed by atoms with Gasteiger partial charge in [0.25, 0.3) is 0 Å². The van der Waals surface area contributed by atoms with Gasteiger partial charge in [0.2, 0.25) is 5.91 Å². The second kappa shape index (κ2) is 12.4. The van der Waals surface area contributed by atoms with Crippen LogP contribution in [-0.2, 0) is 11.2 Å². The Balaban J connectivity index is 1.41. The summed E-state index contributed by atoms with van der Waals surface area (Å²) in [6, 6.07) is 8.25. The first-order chi connectivity index (χ1) is 15.5. The number of aliphatic hydroxyl groups is 2. The average molecular weight is 440 g/mol. The molecule has 3 N–H and O–H groups in total. The molecule has 1 fully saturated rings. The van der Waals surface area contributed by atoms with E-state index < -0.39 is 6.10 Å². The summed E-state index contributed by atoms with van der Waals surface area (Å²) in [5.74, 6) is 1.18. The first kappa shape index (κ1) is 24.7. The summed E-state index contributed by atoms with van der Waals surface area (Å²) in [7, 11) is 0. The van der Waals surface area contributed by atoms with E-state index in [2.05, 4.69) is 43.4 Å². The van der Waals surface area contributed by atoms with Crippen LogP contribution in [-0.4, -0.2) is 34.9 Å². The Labute approximate surface area is 193 Å². The van der Waals surface area contributed by atoms with Gasteiger partial charge in [0, 0.05) is 25.3 Å². The molecule has 4 nitrogen and oxygen atoms in total. The molecule has 1 saturated carbocycles. The van der Waals surface area contributed by atoms with Crippen LogP contribution in [0.1, 0.15) is 69.4 Å². The normalized spacial score (nSPS) is 25.7. The molecule has 0 aliphatic heterocycles. The van der Waals surface area contributed by atoms with Crippen LogP contribution in [0.15, 0.2) is 48.1 Å². The Hall–Kier alpha value is -1.91. The number of rotatable bonds is 12. The molecule has 0 unspecified atom stereocenters. The van der Waals surface area contributed by atoms with Crippen molar-refractivity contribution in [3.8, 4) is 0 Å². The highest BCUT2D eigenvalue weighted by molar-refractivity contribution is 5.75. The predicted molar refractivity (Wildman–Crippen MR) is 130 cm³/mol. The zero-order chi connectivity index (χ0) is 22.9. The molecule has 1 amide bonds. The lowest BCUT2D eigenvalue weighted by Crippen LogP contribution is -2.23. The Morgan fingerprint density at radius 2 is 2.12 bits per heavy atom. The molecular weight excluding hydrogens is 398 g/mol. The number of aryl methyl sites for hydroxylation is 1. The molecule has 0 saturated heterocycles. The zero-order valence-electron chi connectivity index (χ0n) is 19.8. The monoisotopic (exact) mass is 439 g/mol. The first-order valence-electron chi connectivity index (χ1n) is 12.5. The minimum Gasteiger partial charge on any atom is -0.392 e. The van der Waals surface area contributed by atoms with Crippen LogP contribution in [0.3, 0.4) is 0 Å². The highest BCUT2D eigenvalue weighted by Gasteiger charge is 2.43. The lowest BCUT2D eigenvalue weighted by Gasteiger charge is -2.19. The van der Waals surface area contributed by atoms with E-state index in [1.54, 1.807) is 0 Å². The summed E-state index contributed by atoms with van der Waals surface area (Å²) < 4.78 is 0. The van der Waals surface area contributed by atoms with Crippen molar-refractivity contribution in [1.29, 1.82) is 0 Å². The van der Waals surface area contributed by atoms with Gasteiger partial charge in [-0.15, -0.1) is 0 Å². The molecule has 0 bridgehead atoms. The maximum absolute atomic E-state index is 11.8. The predicted octanol–water partition coefficient (Wildman–Crippen LogP) is 4.87. The molecule has 0 aromatic heterocycles. The topological polar surface area (TPSA) is 69.6 Å². The molecule has 4 heteroatoms. The van der Waals surface area contributed by atoms with Gasteiger partial charge in [0.15, 0.2) is 0 Å². The Morgan fingerprint density at radius 3 is 2.91 bits per heavy atom. The smallest absolute Gasteiger partial charge is 0.219 e. The van der Waals surface area contributed by atoms with E-state index in [4.69, 9.17) is 0 Å². The minimum atomic E-state index is -0.527. The van der Waals surface area contributed by atoms with Gasteiger partial charge in [-0.25, -0.2) is 0 Å². The molecule has 2 aliphatic rings. The van der Waals surface area contributed by atoms with E-state index in [-0.39, 0.29) is 17.9 Å². The molecule has 0 heterocycles. The summed E-state index contributed by atoms with van der Waals surface area (Å²) in [6.07, 6.45) is 13.7. The van der Waals surface area contributed by atoms with Gasteiger partial charge < -0.3 is 15.5 Å². The van der Waals surface area contributed by atoms with Crippen molar-refractivity contribution < 1.29 is 15.0 Å². The number of allylic oxidation sites excluding steroid dienone is 2. The maximum Gasteiger partial charge on any atom is 0.219 e. The number of unbranched alkanes of at least 4 members (excludes halogenated alkanes) is 2. The highest BCUT2D eigenvalue weighted by Crippen LogP contribution is 2.48. The van der Waals surface area contributed by atoms with Crippen LogP contribution in [0.4, 0.5) is 0 Å². The Bertz CT molecular complexity index is 800. The Kier molecular flexibility index (Phi) is 9.55. The van der Waals surface area contributed by atoms with Crippen LogP contribution in [0.25, 0.3) is 0 Å². The van der Waals surface area contributed by atoms with Crippen LogP contribution in [0.5, 0.6) is 0 Å². The highest BCUT2D eigenvalue weighted by atomic mass is 16.3. The number of amides is 1. The first-order valence-corrected chi connectivity index (χ1v) is 12.5. The lowest BCUT2D eigenvalue weighted by atomic mass is 9.88. The quantitative estimate of drug-likeness (QED) is 0.321. The molecular formula is C28H41NO3. The number of carbonyl (C=O) groups excluding carboxylic acids is 1. The molecule has 1 aromatic carbocycles. The van der Waals surface area contributed by atoms with E-state index in [9.17, 15) is 15.0 Å². The third-order valence-electron chi connectivity index (χ3n) is 7.04. The van der Waals surface area contributed by atoms with Crippen LogP contribution < -0.4 is 5.32 Å². The average Bonchev–Trinajstić information content (AvgIpc) is 3.26. The van der Waals surface area contributed by atoms with Crippen molar-refractivity contribution in [3.05, 3.63) is 59.2 Å². The van der Waals surface area contributed by atoms with Gasteiger partial charge in [-0.05, 0) is 62.8 Å². The van der Waals surface area contributed by atoms with Crippen molar-refractivity contribution >= 4 is 5.91 Å². The summed E-state index contributed by atoms with van der Waals surface area (Å²) in [6.45, 7) is 4.98.